The number of rotatable bonds is 31. The molecule has 270 valence electrons. The summed E-state index contributed by atoms with van der Waals surface area (Å²) in [7, 11) is -4.80. The summed E-state index contributed by atoms with van der Waals surface area (Å²) in [4.78, 5) is 54.6. The fourth-order valence-corrected chi connectivity index (χ4v) is 4.93. The fourth-order valence-electron chi connectivity index (χ4n) is 4.57. The van der Waals surface area contributed by atoms with E-state index < -0.39 is 39.1 Å². The lowest BCUT2D eigenvalue weighted by molar-refractivity contribution is -0.161. The SMILES string of the molecule is CCCCC/C=C\C/C=C\C/C=C\C=C\C(=O)CCCC(=O)OC[C@H](COP(=O)(O)O)OC(=O)CCCCCCCCCCC(C)C. The molecule has 2 N–H and O–H groups in total. The van der Waals surface area contributed by atoms with Gasteiger partial charge in [0.25, 0.3) is 0 Å². The van der Waals surface area contributed by atoms with Crippen molar-refractivity contribution in [2.75, 3.05) is 13.2 Å². The summed E-state index contributed by atoms with van der Waals surface area (Å²) in [6.07, 6.45) is 31.5. The Kier molecular flexibility index (Phi) is 29.4. The molecule has 0 unspecified atom stereocenters. The number of ether oxygens (including phenoxy) is 2. The van der Waals surface area contributed by atoms with Gasteiger partial charge >= 0.3 is 19.8 Å². The molecule has 0 aromatic carbocycles. The molecule has 0 aromatic rings. The van der Waals surface area contributed by atoms with Crippen LogP contribution in [-0.2, 0) is 32.9 Å². The highest BCUT2D eigenvalue weighted by Gasteiger charge is 2.23. The molecule has 0 aliphatic rings. The van der Waals surface area contributed by atoms with Gasteiger partial charge in [-0.15, -0.1) is 0 Å². The molecule has 0 aliphatic heterocycles. The van der Waals surface area contributed by atoms with E-state index in [1.165, 1.54) is 57.4 Å². The molecule has 0 bridgehead atoms. The predicted octanol–water partition coefficient (Wildman–Crippen LogP) is 9.43. The number of carbonyl (C=O) groups excluding carboxylic acids is 3. The molecule has 0 saturated carbocycles. The third-order valence-electron chi connectivity index (χ3n) is 7.25. The molecule has 0 aliphatic carbocycles. The van der Waals surface area contributed by atoms with Gasteiger partial charge in [-0.3, -0.25) is 18.9 Å². The second-order valence-electron chi connectivity index (χ2n) is 12.4. The van der Waals surface area contributed by atoms with Crippen LogP contribution < -0.4 is 0 Å². The molecule has 0 amide bonds. The Hall–Kier alpha value is -2.32. The van der Waals surface area contributed by atoms with Crippen molar-refractivity contribution >= 4 is 25.5 Å². The molecule has 0 radical (unpaired) electrons. The number of hydrogen-bond donors (Lipinski definition) is 2. The minimum Gasteiger partial charge on any atom is -0.462 e. The Morgan fingerprint density at radius 2 is 1.30 bits per heavy atom. The molecule has 9 nitrogen and oxygen atoms in total. The van der Waals surface area contributed by atoms with E-state index in [9.17, 15) is 18.9 Å². The first kappa shape index (κ1) is 44.7. The lowest BCUT2D eigenvalue weighted by atomic mass is 10.0. The second-order valence-corrected chi connectivity index (χ2v) is 13.6. The van der Waals surface area contributed by atoms with Gasteiger partial charge in [-0.25, -0.2) is 4.57 Å². The molecular formula is C37H63O9P. The van der Waals surface area contributed by atoms with Crippen molar-refractivity contribution in [2.24, 2.45) is 5.92 Å². The Morgan fingerprint density at radius 1 is 0.681 bits per heavy atom. The second kappa shape index (κ2) is 31.0. The van der Waals surface area contributed by atoms with Gasteiger partial charge in [0.2, 0.25) is 0 Å². The summed E-state index contributed by atoms with van der Waals surface area (Å²) in [6.45, 7) is 5.68. The molecule has 10 heteroatoms. The number of ketones is 1. The zero-order chi connectivity index (χ0) is 35.0. The average Bonchev–Trinajstić information content (AvgIpc) is 3.01. The van der Waals surface area contributed by atoms with Crippen LogP contribution in [0.1, 0.15) is 143 Å². The van der Waals surface area contributed by atoms with E-state index in [1.807, 2.05) is 12.2 Å². The maximum absolute atomic E-state index is 12.3. The van der Waals surface area contributed by atoms with Gasteiger partial charge in [0.15, 0.2) is 11.9 Å². The van der Waals surface area contributed by atoms with Crippen molar-refractivity contribution in [1.29, 1.82) is 0 Å². The Bertz CT molecular complexity index is 978. The van der Waals surface area contributed by atoms with E-state index in [2.05, 4.69) is 49.6 Å². The topological polar surface area (TPSA) is 136 Å². The van der Waals surface area contributed by atoms with E-state index in [4.69, 9.17) is 19.3 Å². The normalized spacial score (nSPS) is 13.1. The van der Waals surface area contributed by atoms with Crippen molar-refractivity contribution in [2.45, 2.75) is 149 Å². The predicted molar refractivity (Wildman–Crippen MR) is 189 cm³/mol. The molecule has 47 heavy (non-hydrogen) atoms. The Labute approximate surface area is 284 Å². The zero-order valence-electron chi connectivity index (χ0n) is 29.3. The van der Waals surface area contributed by atoms with Crippen molar-refractivity contribution in [3.63, 3.8) is 0 Å². The molecule has 0 aromatic heterocycles. The number of carbonyl (C=O) groups is 3. The van der Waals surface area contributed by atoms with Gasteiger partial charge in [-0.05, 0) is 50.5 Å². The summed E-state index contributed by atoms with van der Waals surface area (Å²) in [5.74, 6) is -0.509. The summed E-state index contributed by atoms with van der Waals surface area (Å²) in [5.41, 5.74) is 0. The van der Waals surface area contributed by atoms with Gasteiger partial charge in [0, 0.05) is 19.3 Å². The minimum atomic E-state index is -4.80. The molecular weight excluding hydrogens is 619 g/mol. The minimum absolute atomic E-state index is 0.0228. The van der Waals surface area contributed by atoms with E-state index in [1.54, 1.807) is 6.08 Å². The number of allylic oxidation sites excluding steroid dienone is 8. The van der Waals surface area contributed by atoms with Crippen LogP contribution in [0.2, 0.25) is 0 Å². The quantitative estimate of drug-likeness (QED) is 0.0183. The lowest BCUT2D eigenvalue weighted by Crippen LogP contribution is -2.29. The van der Waals surface area contributed by atoms with Crippen LogP contribution in [0.3, 0.4) is 0 Å². The van der Waals surface area contributed by atoms with Crippen LogP contribution in [0, 0.1) is 5.92 Å². The first-order valence-corrected chi connectivity index (χ1v) is 19.3. The first-order chi connectivity index (χ1) is 22.5. The summed E-state index contributed by atoms with van der Waals surface area (Å²) >= 11 is 0. The molecule has 0 rings (SSSR count). The fraction of sp³-hybridized carbons (Fsp3) is 0.703. The summed E-state index contributed by atoms with van der Waals surface area (Å²) < 4.78 is 26.0. The van der Waals surface area contributed by atoms with Gasteiger partial charge in [0.05, 0.1) is 6.61 Å². The monoisotopic (exact) mass is 682 g/mol. The lowest BCUT2D eigenvalue weighted by Gasteiger charge is -2.18. The maximum Gasteiger partial charge on any atom is 0.469 e. The number of phosphoric acid groups is 1. The van der Waals surface area contributed by atoms with Gasteiger partial charge in [-0.1, -0.05) is 128 Å². The van der Waals surface area contributed by atoms with E-state index in [-0.39, 0.29) is 31.5 Å². The van der Waals surface area contributed by atoms with Crippen LogP contribution in [0.5, 0.6) is 0 Å². The largest absolute Gasteiger partial charge is 0.469 e. The van der Waals surface area contributed by atoms with Gasteiger partial charge in [0.1, 0.15) is 6.61 Å². The molecule has 0 fully saturated rings. The molecule has 0 heterocycles. The van der Waals surface area contributed by atoms with E-state index in [0.29, 0.717) is 6.42 Å². The standard InChI is InChI=1S/C37H63O9P/c1-4-5-6-7-8-9-10-11-12-13-17-20-23-27-34(38)28-25-30-36(39)44-31-35(32-45-47(41,42)43)46-37(40)29-24-21-18-15-14-16-19-22-26-33(2)3/h8-9,11-12,17,20,23,27,33,35H,4-7,10,13-16,18-19,21-22,24-26,28-32H2,1-3H3,(H2,41,42,43)/b9-8-,12-11-,20-17-,27-23+/t35-/m1/s1. The van der Waals surface area contributed by atoms with E-state index >= 15 is 0 Å². The summed E-state index contributed by atoms with van der Waals surface area (Å²) in [6, 6.07) is 0. The maximum atomic E-state index is 12.3. The Morgan fingerprint density at radius 3 is 1.96 bits per heavy atom. The van der Waals surface area contributed by atoms with Crippen LogP contribution in [0.4, 0.5) is 0 Å². The molecule has 0 saturated heterocycles. The van der Waals surface area contributed by atoms with Crippen LogP contribution >= 0.6 is 7.82 Å². The van der Waals surface area contributed by atoms with Crippen molar-refractivity contribution in [3.8, 4) is 0 Å². The van der Waals surface area contributed by atoms with Crippen molar-refractivity contribution in [3.05, 3.63) is 48.6 Å². The number of hydrogen-bond acceptors (Lipinski definition) is 7. The highest BCUT2D eigenvalue weighted by molar-refractivity contribution is 7.46. The number of phosphoric ester groups is 1. The first-order valence-electron chi connectivity index (χ1n) is 17.7. The van der Waals surface area contributed by atoms with Crippen LogP contribution in [0.15, 0.2) is 48.6 Å². The molecule has 0 spiro atoms. The highest BCUT2D eigenvalue weighted by atomic mass is 31.2. The average molecular weight is 683 g/mol. The highest BCUT2D eigenvalue weighted by Crippen LogP contribution is 2.36. The third kappa shape index (κ3) is 34.8. The Balaban J connectivity index is 4.23. The number of unbranched alkanes of at least 4 members (excludes halogenated alkanes) is 10. The van der Waals surface area contributed by atoms with Crippen LogP contribution in [-0.4, -0.2) is 46.8 Å². The number of esters is 2. The zero-order valence-corrected chi connectivity index (χ0v) is 30.2. The third-order valence-corrected chi connectivity index (χ3v) is 7.74. The smallest absolute Gasteiger partial charge is 0.462 e. The van der Waals surface area contributed by atoms with Gasteiger partial charge < -0.3 is 19.3 Å². The van der Waals surface area contributed by atoms with Crippen molar-refractivity contribution < 1.29 is 42.7 Å². The summed E-state index contributed by atoms with van der Waals surface area (Å²) in [5, 5.41) is 0. The van der Waals surface area contributed by atoms with Crippen LogP contribution in [0.25, 0.3) is 0 Å². The van der Waals surface area contributed by atoms with Gasteiger partial charge in [-0.2, -0.15) is 0 Å². The van der Waals surface area contributed by atoms with E-state index in [0.717, 1.165) is 44.4 Å². The van der Waals surface area contributed by atoms with Crippen molar-refractivity contribution in [1.82, 2.24) is 0 Å². The molecule has 1 atom stereocenters.